The van der Waals surface area contributed by atoms with Crippen LogP contribution in [0.25, 0.3) is 0 Å². The van der Waals surface area contributed by atoms with Gasteiger partial charge in [0, 0.05) is 11.8 Å². The van der Waals surface area contributed by atoms with Crippen LogP contribution in [0.1, 0.15) is 26.3 Å². The number of amides is 1. The lowest BCUT2D eigenvalue weighted by molar-refractivity contribution is 0.0472. The van der Waals surface area contributed by atoms with Crippen molar-refractivity contribution >= 4 is 33.3 Å². The summed E-state index contributed by atoms with van der Waals surface area (Å²) in [5, 5.41) is 0.0940. The molecule has 0 aliphatic carbocycles. The standard InChI is InChI=1S/C16H14ClNO5S/c1-24(21,22)12-6-7-14(17)13(8-12)16(20)23-9-10-2-4-11(5-3-10)15(18)19/h2-8H,9H2,1H3,(H2,18,19). The van der Waals surface area contributed by atoms with Gasteiger partial charge in [-0.1, -0.05) is 23.7 Å². The number of halogens is 1. The van der Waals surface area contributed by atoms with Crippen LogP contribution in [0.3, 0.4) is 0 Å². The van der Waals surface area contributed by atoms with Crippen molar-refractivity contribution in [2.24, 2.45) is 5.73 Å². The summed E-state index contributed by atoms with van der Waals surface area (Å²) in [5.41, 5.74) is 6.09. The van der Waals surface area contributed by atoms with Crippen LogP contribution in [0.5, 0.6) is 0 Å². The second-order valence-electron chi connectivity index (χ2n) is 5.05. The monoisotopic (exact) mass is 367 g/mol. The molecule has 0 aliphatic rings. The Morgan fingerprint density at radius 2 is 1.75 bits per heavy atom. The summed E-state index contributed by atoms with van der Waals surface area (Å²) in [6.07, 6.45) is 1.03. The van der Waals surface area contributed by atoms with Gasteiger partial charge in [0.25, 0.3) is 0 Å². The van der Waals surface area contributed by atoms with E-state index >= 15 is 0 Å². The Bertz CT molecular complexity index is 891. The van der Waals surface area contributed by atoms with E-state index in [0.717, 1.165) is 6.26 Å². The molecule has 126 valence electrons. The lowest BCUT2D eigenvalue weighted by Crippen LogP contribution is -2.11. The van der Waals surface area contributed by atoms with Gasteiger partial charge in [-0.05, 0) is 35.9 Å². The molecule has 1 amide bonds. The van der Waals surface area contributed by atoms with Crippen molar-refractivity contribution in [3.05, 3.63) is 64.2 Å². The summed E-state index contributed by atoms with van der Waals surface area (Å²) in [4.78, 5) is 23.1. The zero-order valence-corrected chi connectivity index (χ0v) is 14.2. The molecule has 0 aromatic heterocycles. The Labute approximate surface area is 144 Å². The second kappa shape index (κ2) is 7.02. The fourth-order valence-electron chi connectivity index (χ4n) is 1.88. The van der Waals surface area contributed by atoms with Crippen LogP contribution in [0.4, 0.5) is 0 Å². The highest BCUT2D eigenvalue weighted by atomic mass is 35.5. The van der Waals surface area contributed by atoms with Gasteiger partial charge in [0.2, 0.25) is 5.91 Å². The first kappa shape index (κ1) is 18.0. The molecule has 0 fully saturated rings. The minimum absolute atomic E-state index is 0.0235. The highest BCUT2D eigenvalue weighted by Crippen LogP contribution is 2.22. The maximum atomic E-state index is 12.1. The van der Waals surface area contributed by atoms with Crippen molar-refractivity contribution in [1.82, 2.24) is 0 Å². The fourth-order valence-corrected chi connectivity index (χ4v) is 2.73. The number of ether oxygens (including phenoxy) is 1. The molecule has 0 atom stereocenters. The maximum absolute atomic E-state index is 12.1. The van der Waals surface area contributed by atoms with E-state index in [4.69, 9.17) is 22.1 Å². The number of esters is 1. The Kier molecular flexibility index (Phi) is 5.26. The first-order valence-corrected chi connectivity index (χ1v) is 9.01. The molecule has 0 heterocycles. The predicted molar refractivity (Wildman–Crippen MR) is 88.6 cm³/mol. The molecule has 2 aromatic rings. The Morgan fingerprint density at radius 3 is 2.29 bits per heavy atom. The molecule has 8 heteroatoms. The molecule has 0 spiro atoms. The normalized spacial score (nSPS) is 11.1. The molecule has 2 N–H and O–H groups in total. The summed E-state index contributed by atoms with van der Waals surface area (Å²) in [5.74, 6) is -1.30. The van der Waals surface area contributed by atoms with Crippen molar-refractivity contribution in [3.8, 4) is 0 Å². The first-order chi connectivity index (χ1) is 11.2. The molecule has 0 saturated heterocycles. The summed E-state index contributed by atoms with van der Waals surface area (Å²) < 4.78 is 28.2. The zero-order valence-electron chi connectivity index (χ0n) is 12.7. The van der Waals surface area contributed by atoms with Crippen molar-refractivity contribution in [3.63, 3.8) is 0 Å². The van der Waals surface area contributed by atoms with Crippen LogP contribution in [0, 0.1) is 0 Å². The third-order valence-corrected chi connectivity index (χ3v) is 4.63. The minimum Gasteiger partial charge on any atom is -0.457 e. The van der Waals surface area contributed by atoms with Crippen molar-refractivity contribution in [2.75, 3.05) is 6.26 Å². The van der Waals surface area contributed by atoms with Crippen LogP contribution in [0.2, 0.25) is 5.02 Å². The summed E-state index contributed by atoms with van der Waals surface area (Å²) in [6.45, 7) is -0.0582. The molecule has 0 aliphatic heterocycles. The highest BCUT2D eigenvalue weighted by Gasteiger charge is 2.16. The van der Waals surface area contributed by atoms with Crippen LogP contribution < -0.4 is 5.73 Å². The molecule has 0 unspecified atom stereocenters. The van der Waals surface area contributed by atoms with E-state index < -0.39 is 21.7 Å². The summed E-state index contributed by atoms with van der Waals surface area (Å²) in [6, 6.07) is 10.1. The molecule has 0 saturated carbocycles. The van der Waals surface area contributed by atoms with Gasteiger partial charge in [0.1, 0.15) is 6.61 Å². The first-order valence-electron chi connectivity index (χ1n) is 6.74. The molecule has 2 rings (SSSR count). The van der Waals surface area contributed by atoms with Gasteiger partial charge in [-0.3, -0.25) is 4.79 Å². The van der Waals surface area contributed by atoms with E-state index in [1.54, 1.807) is 12.1 Å². The van der Waals surface area contributed by atoms with Gasteiger partial charge in [-0.2, -0.15) is 0 Å². The number of carbonyl (C=O) groups excluding carboxylic acids is 2. The van der Waals surface area contributed by atoms with Crippen molar-refractivity contribution in [2.45, 2.75) is 11.5 Å². The minimum atomic E-state index is -3.47. The lowest BCUT2D eigenvalue weighted by atomic mass is 10.1. The molecule has 0 bridgehead atoms. The third kappa shape index (κ3) is 4.33. The number of hydrogen-bond donors (Lipinski definition) is 1. The largest absolute Gasteiger partial charge is 0.457 e. The maximum Gasteiger partial charge on any atom is 0.340 e. The van der Waals surface area contributed by atoms with E-state index in [9.17, 15) is 18.0 Å². The second-order valence-corrected chi connectivity index (χ2v) is 7.47. The van der Waals surface area contributed by atoms with Gasteiger partial charge in [-0.25, -0.2) is 13.2 Å². The van der Waals surface area contributed by atoms with Crippen LogP contribution in [0.15, 0.2) is 47.4 Å². The van der Waals surface area contributed by atoms with Crippen LogP contribution in [-0.4, -0.2) is 26.6 Å². The molecule has 24 heavy (non-hydrogen) atoms. The molecular weight excluding hydrogens is 354 g/mol. The van der Waals surface area contributed by atoms with E-state index in [1.807, 2.05) is 0 Å². The quantitative estimate of drug-likeness (QED) is 0.816. The number of sulfone groups is 1. The van der Waals surface area contributed by atoms with E-state index in [0.29, 0.717) is 11.1 Å². The Morgan fingerprint density at radius 1 is 1.12 bits per heavy atom. The average Bonchev–Trinajstić information content (AvgIpc) is 2.52. The third-order valence-electron chi connectivity index (χ3n) is 3.19. The zero-order chi connectivity index (χ0) is 17.9. The van der Waals surface area contributed by atoms with Gasteiger partial charge >= 0.3 is 5.97 Å². The van der Waals surface area contributed by atoms with Crippen molar-refractivity contribution in [1.29, 1.82) is 0 Å². The number of nitrogens with two attached hydrogens (primary N) is 1. The van der Waals surface area contributed by atoms with Gasteiger partial charge < -0.3 is 10.5 Å². The number of hydrogen-bond acceptors (Lipinski definition) is 5. The van der Waals surface area contributed by atoms with Gasteiger partial charge in [0.05, 0.1) is 15.5 Å². The predicted octanol–water partition coefficient (Wildman–Crippen LogP) is 2.20. The van der Waals surface area contributed by atoms with E-state index in [2.05, 4.69) is 0 Å². The Balaban J connectivity index is 2.14. The molecule has 2 aromatic carbocycles. The van der Waals surface area contributed by atoms with Crippen molar-refractivity contribution < 1.29 is 22.7 Å². The number of rotatable bonds is 5. The lowest BCUT2D eigenvalue weighted by Gasteiger charge is -2.08. The molecular formula is C16H14ClNO5S. The summed E-state index contributed by atoms with van der Waals surface area (Å²) in [7, 11) is -3.47. The highest BCUT2D eigenvalue weighted by molar-refractivity contribution is 7.90. The van der Waals surface area contributed by atoms with E-state index in [1.165, 1.54) is 30.3 Å². The van der Waals surface area contributed by atoms with E-state index in [-0.39, 0.29) is 22.1 Å². The van der Waals surface area contributed by atoms with Crippen LogP contribution >= 0.6 is 11.6 Å². The number of carbonyl (C=O) groups is 2. The Hall–Kier alpha value is -2.38. The molecule has 6 nitrogen and oxygen atoms in total. The fraction of sp³-hybridized carbons (Fsp3) is 0.125. The number of primary amides is 1. The van der Waals surface area contributed by atoms with Gasteiger partial charge in [-0.15, -0.1) is 0 Å². The smallest absolute Gasteiger partial charge is 0.340 e. The summed E-state index contributed by atoms with van der Waals surface area (Å²) >= 11 is 5.93. The van der Waals surface area contributed by atoms with Gasteiger partial charge in [0.15, 0.2) is 9.84 Å². The average molecular weight is 368 g/mol. The number of benzene rings is 2. The molecule has 0 radical (unpaired) electrons. The SMILES string of the molecule is CS(=O)(=O)c1ccc(Cl)c(C(=O)OCc2ccc(C(N)=O)cc2)c1. The topological polar surface area (TPSA) is 104 Å². The van der Waals surface area contributed by atoms with Crippen LogP contribution in [-0.2, 0) is 21.2 Å².